The predicted molar refractivity (Wildman–Crippen MR) is 243 cm³/mol. The number of nitrogens with zero attached hydrogens (tertiary/aromatic N) is 1. The van der Waals surface area contributed by atoms with Gasteiger partial charge in [-0.1, -0.05) is 159 Å². The number of carbonyl (C=O) groups is 2. The highest BCUT2D eigenvalue weighted by Gasteiger charge is 2.27. The van der Waals surface area contributed by atoms with E-state index in [1.807, 2.05) is 21.1 Å². The van der Waals surface area contributed by atoms with Crippen LogP contribution in [0.5, 0.6) is 0 Å². The van der Waals surface area contributed by atoms with Gasteiger partial charge in [0.25, 0.3) is 0 Å². The Hall–Kier alpha value is -1.77. The first-order chi connectivity index (χ1) is 28.0. The summed E-state index contributed by atoms with van der Waals surface area (Å²) in [4.78, 5) is 35.4. The summed E-state index contributed by atoms with van der Waals surface area (Å²) >= 11 is 0. The second-order valence-electron chi connectivity index (χ2n) is 17.1. The standard InChI is InChI=1S/C48H90NO8P/c1-6-8-10-12-14-16-18-20-22-23-24-25-27-28-30-32-34-36-38-40-47(50)54-44-46(45-56-58(52,53)55-43-42-49(3,4)5)57-48(51)41-39-37-35-33-31-29-26-21-19-17-15-13-11-9-7-2/h15,17,20-22,26,46H,6-14,16,18-19,23-25,27-45H2,1-5H3/p+1/b17-15-,22-20-,26-21-/t46-/m1/s1. The quantitative estimate of drug-likeness (QED) is 0.0213. The minimum atomic E-state index is -4.38. The van der Waals surface area contributed by atoms with Gasteiger partial charge in [0.05, 0.1) is 27.7 Å². The molecule has 0 heterocycles. The first-order valence-electron chi connectivity index (χ1n) is 23.7. The molecule has 2 atom stereocenters. The maximum absolute atomic E-state index is 12.7. The number of phosphoric ester groups is 1. The van der Waals surface area contributed by atoms with Crippen molar-refractivity contribution in [3.63, 3.8) is 0 Å². The van der Waals surface area contributed by atoms with Crippen molar-refractivity contribution in [3.05, 3.63) is 36.5 Å². The number of allylic oxidation sites excluding steroid dienone is 6. The Labute approximate surface area is 357 Å². The van der Waals surface area contributed by atoms with Crippen LogP contribution in [0.25, 0.3) is 0 Å². The predicted octanol–water partition coefficient (Wildman–Crippen LogP) is 13.7. The number of esters is 2. The Morgan fingerprint density at radius 2 is 0.931 bits per heavy atom. The van der Waals surface area contributed by atoms with Gasteiger partial charge in [0.2, 0.25) is 0 Å². The highest BCUT2D eigenvalue weighted by molar-refractivity contribution is 7.47. The van der Waals surface area contributed by atoms with Crippen LogP contribution in [0.3, 0.4) is 0 Å². The molecule has 0 aliphatic heterocycles. The fourth-order valence-electron chi connectivity index (χ4n) is 6.39. The molecule has 58 heavy (non-hydrogen) atoms. The molecule has 1 N–H and O–H groups in total. The van der Waals surface area contributed by atoms with Gasteiger partial charge in [-0.2, -0.15) is 0 Å². The largest absolute Gasteiger partial charge is 0.472 e. The first-order valence-corrected chi connectivity index (χ1v) is 25.2. The molecular formula is C48H91NO8P+. The highest BCUT2D eigenvalue weighted by atomic mass is 31.2. The van der Waals surface area contributed by atoms with Crippen molar-refractivity contribution < 1.29 is 42.1 Å². The summed E-state index contributed by atoms with van der Waals surface area (Å²) in [6.45, 7) is 4.39. The average Bonchev–Trinajstić information content (AvgIpc) is 3.17. The zero-order chi connectivity index (χ0) is 42.8. The molecule has 0 aliphatic rings. The van der Waals surface area contributed by atoms with E-state index in [4.69, 9.17) is 18.5 Å². The summed E-state index contributed by atoms with van der Waals surface area (Å²) in [5.41, 5.74) is 0. The zero-order valence-electron chi connectivity index (χ0n) is 38.3. The van der Waals surface area contributed by atoms with E-state index in [2.05, 4.69) is 50.3 Å². The average molecular weight is 841 g/mol. The summed E-state index contributed by atoms with van der Waals surface area (Å²) in [5, 5.41) is 0. The molecule has 0 fully saturated rings. The van der Waals surface area contributed by atoms with Crippen LogP contribution in [0, 0.1) is 0 Å². The summed E-state index contributed by atoms with van der Waals surface area (Å²) < 4.78 is 34.4. The number of carbonyl (C=O) groups excluding carboxylic acids is 2. The SMILES string of the molecule is CCCCC/C=C\C/C=C\CCCCCCCC(=O)O[C@H](COC(=O)CCCCCCCCCCC/C=C\CCCCCCCC)COP(=O)(O)OCC[N+](C)(C)C. The second-order valence-corrected chi connectivity index (χ2v) is 18.6. The topological polar surface area (TPSA) is 108 Å². The Morgan fingerprint density at radius 1 is 0.534 bits per heavy atom. The molecular weight excluding hydrogens is 750 g/mol. The number of rotatable bonds is 43. The molecule has 0 aromatic heterocycles. The molecule has 340 valence electrons. The third-order valence-electron chi connectivity index (χ3n) is 10.1. The molecule has 0 bridgehead atoms. The van der Waals surface area contributed by atoms with E-state index in [9.17, 15) is 19.0 Å². The zero-order valence-corrected chi connectivity index (χ0v) is 39.2. The molecule has 0 aromatic rings. The maximum Gasteiger partial charge on any atom is 0.472 e. The minimum Gasteiger partial charge on any atom is -0.462 e. The molecule has 0 aliphatic carbocycles. The molecule has 9 nitrogen and oxygen atoms in total. The normalized spacial score (nSPS) is 13.8. The fourth-order valence-corrected chi connectivity index (χ4v) is 7.13. The molecule has 0 aromatic carbocycles. The number of quaternary nitrogens is 1. The Balaban J connectivity index is 4.31. The van der Waals surface area contributed by atoms with E-state index in [1.54, 1.807) is 0 Å². The van der Waals surface area contributed by atoms with Gasteiger partial charge in [0.15, 0.2) is 6.10 Å². The summed E-state index contributed by atoms with van der Waals surface area (Å²) in [6, 6.07) is 0. The lowest BCUT2D eigenvalue weighted by molar-refractivity contribution is -0.870. The van der Waals surface area contributed by atoms with Crippen molar-refractivity contribution in [2.24, 2.45) is 0 Å². The molecule has 1 unspecified atom stereocenters. The van der Waals surface area contributed by atoms with E-state index >= 15 is 0 Å². The van der Waals surface area contributed by atoms with Gasteiger partial charge >= 0.3 is 19.8 Å². The molecule has 0 saturated heterocycles. The van der Waals surface area contributed by atoms with E-state index in [0.29, 0.717) is 17.4 Å². The van der Waals surface area contributed by atoms with Crippen molar-refractivity contribution in [1.82, 2.24) is 0 Å². The van der Waals surface area contributed by atoms with Gasteiger partial charge in [-0.05, 0) is 70.6 Å². The Morgan fingerprint density at radius 3 is 1.41 bits per heavy atom. The Bertz CT molecular complexity index is 1090. The van der Waals surface area contributed by atoms with Crippen molar-refractivity contribution in [2.45, 2.75) is 213 Å². The van der Waals surface area contributed by atoms with E-state index in [1.165, 1.54) is 116 Å². The van der Waals surface area contributed by atoms with Crippen molar-refractivity contribution in [1.29, 1.82) is 0 Å². The maximum atomic E-state index is 12.7. The van der Waals surface area contributed by atoms with Gasteiger partial charge in [-0.15, -0.1) is 0 Å². The molecule has 10 heteroatoms. The van der Waals surface area contributed by atoms with Crippen LogP contribution in [0.4, 0.5) is 0 Å². The summed E-state index contributed by atoms with van der Waals surface area (Å²) in [5.74, 6) is -0.813. The third kappa shape index (κ3) is 43.8. The van der Waals surface area contributed by atoms with Gasteiger partial charge in [0, 0.05) is 12.8 Å². The van der Waals surface area contributed by atoms with Crippen LogP contribution in [0.1, 0.15) is 206 Å². The highest BCUT2D eigenvalue weighted by Crippen LogP contribution is 2.43. The van der Waals surface area contributed by atoms with Crippen LogP contribution in [-0.2, 0) is 32.7 Å². The van der Waals surface area contributed by atoms with Gasteiger partial charge < -0.3 is 18.9 Å². The second kappa shape index (κ2) is 40.6. The van der Waals surface area contributed by atoms with E-state index in [0.717, 1.165) is 57.8 Å². The molecule has 0 spiro atoms. The van der Waals surface area contributed by atoms with Gasteiger partial charge in [-0.3, -0.25) is 18.6 Å². The molecule has 0 amide bonds. The van der Waals surface area contributed by atoms with E-state index in [-0.39, 0.29) is 32.0 Å². The third-order valence-corrected chi connectivity index (χ3v) is 11.1. The van der Waals surface area contributed by atoms with Crippen LogP contribution in [0.15, 0.2) is 36.5 Å². The van der Waals surface area contributed by atoms with Crippen LogP contribution in [-0.4, -0.2) is 74.9 Å². The van der Waals surface area contributed by atoms with Crippen LogP contribution < -0.4 is 0 Å². The summed E-state index contributed by atoms with van der Waals surface area (Å²) in [6.07, 6.45) is 46.2. The Kier molecular flexibility index (Phi) is 39.4. The smallest absolute Gasteiger partial charge is 0.462 e. The fraction of sp³-hybridized carbons (Fsp3) is 0.833. The van der Waals surface area contributed by atoms with E-state index < -0.39 is 26.5 Å². The first kappa shape index (κ1) is 56.2. The number of likely N-dealkylation sites (N-methyl/N-ethyl adjacent to an activating group) is 1. The molecule has 0 radical (unpaired) electrons. The number of phosphoric acid groups is 1. The van der Waals surface area contributed by atoms with Crippen molar-refractivity contribution >= 4 is 19.8 Å². The molecule has 0 rings (SSSR count). The monoisotopic (exact) mass is 841 g/mol. The van der Waals surface area contributed by atoms with Crippen LogP contribution >= 0.6 is 7.82 Å². The van der Waals surface area contributed by atoms with Crippen LogP contribution in [0.2, 0.25) is 0 Å². The summed E-state index contributed by atoms with van der Waals surface area (Å²) in [7, 11) is 1.47. The number of unbranched alkanes of at least 4 members (excludes halogenated alkanes) is 23. The van der Waals surface area contributed by atoms with Gasteiger partial charge in [0.1, 0.15) is 19.8 Å². The lowest BCUT2D eigenvalue weighted by Crippen LogP contribution is -2.37. The number of hydrogen-bond acceptors (Lipinski definition) is 7. The lowest BCUT2D eigenvalue weighted by Gasteiger charge is -2.24. The van der Waals surface area contributed by atoms with Crippen molar-refractivity contribution in [2.75, 3.05) is 47.5 Å². The molecule has 0 saturated carbocycles. The lowest BCUT2D eigenvalue weighted by atomic mass is 10.1. The number of hydrogen-bond donors (Lipinski definition) is 1. The number of ether oxygens (including phenoxy) is 2. The minimum absolute atomic E-state index is 0.0286. The van der Waals surface area contributed by atoms with Gasteiger partial charge in [-0.25, -0.2) is 4.57 Å². The van der Waals surface area contributed by atoms with Crippen molar-refractivity contribution in [3.8, 4) is 0 Å².